The Labute approximate surface area is 110 Å². The van der Waals surface area contributed by atoms with Gasteiger partial charge in [0.2, 0.25) is 0 Å². The number of ether oxygens (including phenoxy) is 1. The SMILES string of the molecule is CC(=O)Oc1cc(/C=C/c2ccccc2)oc(=O)c1. The second kappa shape index (κ2) is 5.82. The van der Waals surface area contributed by atoms with Crippen molar-refractivity contribution in [3.8, 4) is 5.75 Å². The van der Waals surface area contributed by atoms with Gasteiger partial charge in [-0.3, -0.25) is 4.79 Å². The molecule has 19 heavy (non-hydrogen) atoms. The van der Waals surface area contributed by atoms with Crippen LogP contribution in [-0.4, -0.2) is 5.97 Å². The molecule has 96 valence electrons. The van der Waals surface area contributed by atoms with Gasteiger partial charge in [0.05, 0.1) is 6.07 Å². The fourth-order valence-electron chi connectivity index (χ4n) is 1.52. The third-order valence-electron chi connectivity index (χ3n) is 2.26. The van der Waals surface area contributed by atoms with Gasteiger partial charge in [0.15, 0.2) is 0 Å². The second-order valence-corrected chi connectivity index (χ2v) is 3.85. The average molecular weight is 256 g/mol. The summed E-state index contributed by atoms with van der Waals surface area (Å²) < 4.78 is 9.84. The summed E-state index contributed by atoms with van der Waals surface area (Å²) in [6, 6.07) is 12.2. The van der Waals surface area contributed by atoms with Crippen LogP contribution in [0.2, 0.25) is 0 Å². The normalized spacial score (nSPS) is 10.6. The Bertz CT molecular complexity index is 653. The van der Waals surface area contributed by atoms with Gasteiger partial charge >= 0.3 is 11.6 Å². The minimum absolute atomic E-state index is 0.177. The quantitative estimate of drug-likeness (QED) is 0.792. The molecule has 0 unspecified atom stereocenters. The first kappa shape index (κ1) is 12.8. The van der Waals surface area contributed by atoms with Crippen molar-refractivity contribution in [1.82, 2.24) is 0 Å². The molecule has 0 N–H and O–H groups in total. The van der Waals surface area contributed by atoms with Crippen LogP contribution in [0.15, 0.2) is 51.7 Å². The lowest BCUT2D eigenvalue weighted by molar-refractivity contribution is -0.131. The predicted molar refractivity (Wildman–Crippen MR) is 71.7 cm³/mol. The van der Waals surface area contributed by atoms with Crippen molar-refractivity contribution in [3.05, 3.63) is 64.2 Å². The number of hydrogen-bond acceptors (Lipinski definition) is 4. The number of benzene rings is 1. The van der Waals surface area contributed by atoms with Gasteiger partial charge < -0.3 is 9.15 Å². The number of carbonyl (C=O) groups is 1. The topological polar surface area (TPSA) is 56.5 Å². The number of hydrogen-bond donors (Lipinski definition) is 0. The van der Waals surface area contributed by atoms with Crippen molar-refractivity contribution in [1.29, 1.82) is 0 Å². The third-order valence-corrected chi connectivity index (χ3v) is 2.26. The summed E-state index contributed by atoms with van der Waals surface area (Å²) in [7, 11) is 0. The van der Waals surface area contributed by atoms with E-state index in [4.69, 9.17) is 9.15 Å². The first-order valence-electron chi connectivity index (χ1n) is 5.70. The van der Waals surface area contributed by atoms with Crippen LogP contribution in [0.5, 0.6) is 5.75 Å². The van der Waals surface area contributed by atoms with Gasteiger partial charge in [0, 0.05) is 13.0 Å². The fraction of sp³-hybridized carbons (Fsp3) is 0.0667. The second-order valence-electron chi connectivity index (χ2n) is 3.85. The van der Waals surface area contributed by atoms with Crippen molar-refractivity contribution < 1.29 is 13.9 Å². The van der Waals surface area contributed by atoms with E-state index in [1.165, 1.54) is 13.0 Å². The van der Waals surface area contributed by atoms with Gasteiger partial charge in [-0.2, -0.15) is 0 Å². The predicted octanol–water partition coefficient (Wildman–Crippen LogP) is 2.74. The Hall–Kier alpha value is -2.62. The minimum Gasteiger partial charge on any atom is -0.426 e. The molecule has 0 atom stereocenters. The summed E-state index contributed by atoms with van der Waals surface area (Å²) in [5, 5.41) is 0. The summed E-state index contributed by atoms with van der Waals surface area (Å²) >= 11 is 0. The lowest BCUT2D eigenvalue weighted by Gasteiger charge is -2.00. The van der Waals surface area contributed by atoms with E-state index in [1.807, 2.05) is 30.3 Å². The van der Waals surface area contributed by atoms with Gasteiger partial charge in [-0.05, 0) is 11.6 Å². The maximum absolute atomic E-state index is 11.3. The zero-order valence-electron chi connectivity index (χ0n) is 10.3. The van der Waals surface area contributed by atoms with Gasteiger partial charge in [0.25, 0.3) is 0 Å². The molecule has 1 aromatic carbocycles. The van der Waals surface area contributed by atoms with E-state index in [0.29, 0.717) is 5.76 Å². The highest BCUT2D eigenvalue weighted by Crippen LogP contribution is 2.13. The van der Waals surface area contributed by atoms with E-state index >= 15 is 0 Å². The van der Waals surface area contributed by atoms with E-state index in [2.05, 4.69) is 0 Å². The van der Waals surface area contributed by atoms with Crippen molar-refractivity contribution in [2.45, 2.75) is 6.92 Å². The molecule has 0 saturated heterocycles. The van der Waals surface area contributed by atoms with Crippen molar-refractivity contribution >= 4 is 18.1 Å². The van der Waals surface area contributed by atoms with E-state index < -0.39 is 11.6 Å². The Kier molecular flexibility index (Phi) is 3.93. The van der Waals surface area contributed by atoms with Crippen LogP contribution in [0.4, 0.5) is 0 Å². The molecular formula is C15H12O4. The van der Waals surface area contributed by atoms with E-state index in [-0.39, 0.29) is 5.75 Å². The van der Waals surface area contributed by atoms with E-state index in [9.17, 15) is 9.59 Å². The Morgan fingerprint density at radius 3 is 2.58 bits per heavy atom. The van der Waals surface area contributed by atoms with Gasteiger partial charge in [-0.25, -0.2) is 4.79 Å². The molecule has 0 spiro atoms. The van der Waals surface area contributed by atoms with Crippen LogP contribution in [0.3, 0.4) is 0 Å². The Morgan fingerprint density at radius 2 is 1.89 bits per heavy atom. The molecule has 0 aliphatic carbocycles. The molecule has 1 aromatic heterocycles. The lowest BCUT2D eigenvalue weighted by atomic mass is 10.2. The standard InChI is InChI=1S/C15H12O4/c1-11(16)18-14-9-13(19-15(17)10-14)8-7-12-5-3-2-4-6-12/h2-10H,1H3/b8-7+. The molecule has 0 radical (unpaired) electrons. The molecule has 0 aliphatic heterocycles. The Morgan fingerprint density at radius 1 is 1.16 bits per heavy atom. The molecule has 1 heterocycles. The zero-order chi connectivity index (χ0) is 13.7. The molecule has 4 nitrogen and oxygen atoms in total. The summed E-state index contributed by atoms with van der Waals surface area (Å²) in [4.78, 5) is 22.2. The molecule has 0 bridgehead atoms. The maximum atomic E-state index is 11.3. The monoisotopic (exact) mass is 256 g/mol. The van der Waals surface area contributed by atoms with Crippen LogP contribution in [0.25, 0.3) is 12.2 Å². The molecule has 0 amide bonds. The van der Waals surface area contributed by atoms with Gasteiger partial charge in [0.1, 0.15) is 11.5 Å². The van der Waals surface area contributed by atoms with Crippen LogP contribution in [0, 0.1) is 0 Å². The molecule has 2 aromatic rings. The first-order chi connectivity index (χ1) is 9.13. The highest BCUT2D eigenvalue weighted by atomic mass is 16.5. The molecule has 0 aliphatic rings. The minimum atomic E-state index is -0.563. The average Bonchev–Trinajstić information content (AvgIpc) is 2.36. The van der Waals surface area contributed by atoms with Gasteiger partial charge in [-0.15, -0.1) is 0 Å². The van der Waals surface area contributed by atoms with Gasteiger partial charge in [-0.1, -0.05) is 36.4 Å². The van der Waals surface area contributed by atoms with Crippen LogP contribution < -0.4 is 10.4 Å². The molecular weight excluding hydrogens is 244 g/mol. The molecule has 4 heteroatoms. The smallest absolute Gasteiger partial charge is 0.339 e. The summed E-state index contributed by atoms with van der Waals surface area (Å²) in [6.07, 6.45) is 3.44. The number of carbonyl (C=O) groups excluding carboxylic acids is 1. The highest BCUT2D eigenvalue weighted by molar-refractivity contribution is 5.70. The van der Waals surface area contributed by atoms with E-state index in [0.717, 1.165) is 11.6 Å². The number of esters is 1. The highest BCUT2D eigenvalue weighted by Gasteiger charge is 2.02. The Balaban J connectivity index is 2.25. The van der Waals surface area contributed by atoms with Crippen molar-refractivity contribution in [2.24, 2.45) is 0 Å². The summed E-state index contributed by atoms with van der Waals surface area (Å²) in [5.74, 6) is 0.0210. The van der Waals surface area contributed by atoms with Crippen molar-refractivity contribution in [3.63, 3.8) is 0 Å². The lowest BCUT2D eigenvalue weighted by Crippen LogP contribution is -2.05. The van der Waals surface area contributed by atoms with Crippen molar-refractivity contribution in [2.75, 3.05) is 0 Å². The molecule has 2 rings (SSSR count). The zero-order valence-corrected chi connectivity index (χ0v) is 10.3. The first-order valence-corrected chi connectivity index (χ1v) is 5.70. The molecule has 0 fully saturated rings. The van der Waals surface area contributed by atoms with Crippen LogP contribution >= 0.6 is 0 Å². The maximum Gasteiger partial charge on any atom is 0.339 e. The fourth-order valence-corrected chi connectivity index (χ4v) is 1.52. The third kappa shape index (κ3) is 3.96. The summed E-state index contributed by atoms with van der Waals surface area (Å²) in [5.41, 5.74) is 0.412. The number of rotatable bonds is 3. The summed E-state index contributed by atoms with van der Waals surface area (Å²) in [6.45, 7) is 1.27. The largest absolute Gasteiger partial charge is 0.426 e. The van der Waals surface area contributed by atoms with Crippen LogP contribution in [-0.2, 0) is 4.79 Å². The van der Waals surface area contributed by atoms with Crippen LogP contribution in [0.1, 0.15) is 18.2 Å². The molecule has 0 saturated carbocycles. The van der Waals surface area contributed by atoms with E-state index in [1.54, 1.807) is 12.2 Å².